The van der Waals surface area contributed by atoms with Gasteiger partial charge in [0, 0.05) is 63.4 Å². The summed E-state index contributed by atoms with van der Waals surface area (Å²) < 4.78 is 18.5. The van der Waals surface area contributed by atoms with E-state index in [2.05, 4.69) is 34.4 Å². The lowest BCUT2D eigenvalue weighted by molar-refractivity contribution is 0.155. The van der Waals surface area contributed by atoms with Crippen molar-refractivity contribution < 1.29 is 9.13 Å². The first kappa shape index (κ1) is 22.9. The van der Waals surface area contributed by atoms with Crippen molar-refractivity contribution in [1.29, 1.82) is 0 Å². The molecule has 5 nitrogen and oxygen atoms in total. The largest absolute Gasteiger partial charge is 0.385 e. The van der Waals surface area contributed by atoms with Gasteiger partial charge in [-0.1, -0.05) is 31.5 Å². The Kier molecular flexibility index (Phi) is 8.99. The maximum Gasteiger partial charge on any atom is 0.191 e. The molecule has 0 saturated carbocycles. The molecule has 1 fully saturated rings. The van der Waals surface area contributed by atoms with Gasteiger partial charge in [-0.25, -0.2) is 4.39 Å². The number of methoxy groups -OCH3 is 1. The van der Waals surface area contributed by atoms with E-state index in [4.69, 9.17) is 16.3 Å². The summed E-state index contributed by atoms with van der Waals surface area (Å²) in [6, 6.07) is 5.00. The van der Waals surface area contributed by atoms with Crippen LogP contribution in [0.25, 0.3) is 0 Å². The van der Waals surface area contributed by atoms with Crippen molar-refractivity contribution in [1.82, 2.24) is 15.5 Å². The molecule has 28 heavy (non-hydrogen) atoms. The maximum absolute atomic E-state index is 13.3. The number of ether oxygens (including phenoxy) is 1. The zero-order valence-electron chi connectivity index (χ0n) is 17.5. The summed E-state index contributed by atoms with van der Waals surface area (Å²) in [5, 5.41) is 7.40. The molecule has 1 saturated heterocycles. The molecule has 1 aromatic carbocycles. The van der Waals surface area contributed by atoms with Crippen LogP contribution in [-0.4, -0.2) is 63.8 Å². The van der Waals surface area contributed by atoms with Gasteiger partial charge in [0.05, 0.1) is 0 Å². The average Bonchev–Trinajstić information content (AvgIpc) is 2.66. The second-order valence-corrected chi connectivity index (χ2v) is 8.45. The van der Waals surface area contributed by atoms with E-state index in [1.165, 1.54) is 12.1 Å². The summed E-state index contributed by atoms with van der Waals surface area (Å²) in [5.41, 5.74) is 0.663. The van der Waals surface area contributed by atoms with E-state index >= 15 is 0 Å². The number of likely N-dealkylation sites (tertiary alicyclic amines) is 1. The molecule has 1 heterocycles. The predicted octanol–water partition coefficient (Wildman–Crippen LogP) is 3.42. The Balaban J connectivity index is 1.81. The fraction of sp³-hybridized carbons (Fsp3) is 0.667. The average molecular weight is 413 g/mol. The summed E-state index contributed by atoms with van der Waals surface area (Å²) in [5.74, 6) is 0.479. The minimum Gasteiger partial charge on any atom is -0.385 e. The lowest BCUT2D eigenvalue weighted by Gasteiger charge is -2.34. The molecular formula is C21H34ClFN4O. The first-order chi connectivity index (χ1) is 13.4. The molecule has 0 radical (unpaired) electrons. The number of piperidine rings is 1. The number of rotatable bonds is 8. The zero-order valence-corrected chi connectivity index (χ0v) is 18.3. The van der Waals surface area contributed by atoms with Crippen LogP contribution < -0.4 is 10.6 Å². The van der Waals surface area contributed by atoms with Gasteiger partial charge >= 0.3 is 0 Å². The van der Waals surface area contributed by atoms with Crippen LogP contribution in [0.3, 0.4) is 0 Å². The van der Waals surface area contributed by atoms with E-state index < -0.39 is 0 Å². The highest BCUT2D eigenvalue weighted by Crippen LogP contribution is 2.29. The van der Waals surface area contributed by atoms with E-state index in [1.54, 1.807) is 20.2 Å². The number of benzene rings is 1. The van der Waals surface area contributed by atoms with Gasteiger partial charge in [-0.05, 0) is 37.0 Å². The highest BCUT2D eigenvalue weighted by Gasteiger charge is 2.25. The molecule has 0 unspecified atom stereocenters. The van der Waals surface area contributed by atoms with Crippen molar-refractivity contribution in [3.8, 4) is 0 Å². The van der Waals surface area contributed by atoms with Crippen molar-refractivity contribution in [3.63, 3.8) is 0 Å². The van der Waals surface area contributed by atoms with Crippen LogP contribution in [0.5, 0.6) is 0 Å². The molecule has 2 rings (SSSR count). The SMILES string of the molecule is CN=C(NCC(C)(C)c1ccc(F)cc1Cl)NC1CCN(CCCOC)CC1. The molecule has 0 amide bonds. The van der Waals surface area contributed by atoms with Crippen LogP contribution in [0.4, 0.5) is 4.39 Å². The number of halogens is 2. The van der Waals surface area contributed by atoms with Gasteiger partial charge in [-0.15, -0.1) is 0 Å². The van der Waals surface area contributed by atoms with Gasteiger partial charge in [0.15, 0.2) is 5.96 Å². The van der Waals surface area contributed by atoms with Gasteiger partial charge in [0.1, 0.15) is 5.82 Å². The number of hydrogen-bond acceptors (Lipinski definition) is 3. The van der Waals surface area contributed by atoms with Crippen molar-refractivity contribution in [2.75, 3.05) is 46.9 Å². The minimum atomic E-state index is -0.316. The third-order valence-corrected chi connectivity index (χ3v) is 5.65. The maximum atomic E-state index is 13.3. The third kappa shape index (κ3) is 6.90. The minimum absolute atomic E-state index is 0.257. The fourth-order valence-electron chi connectivity index (χ4n) is 3.56. The second kappa shape index (κ2) is 11.0. The molecule has 0 aromatic heterocycles. The van der Waals surface area contributed by atoms with Crippen molar-refractivity contribution in [2.45, 2.75) is 44.6 Å². The summed E-state index contributed by atoms with van der Waals surface area (Å²) in [6.45, 7) is 8.93. The van der Waals surface area contributed by atoms with Crippen molar-refractivity contribution >= 4 is 17.6 Å². The van der Waals surface area contributed by atoms with Gasteiger partial charge in [-0.2, -0.15) is 0 Å². The molecule has 1 aliphatic heterocycles. The second-order valence-electron chi connectivity index (χ2n) is 8.04. The topological polar surface area (TPSA) is 48.9 Å². The molecule has 0 spiro atoms. The Morgan fingerprint density at radius 3 is 2.68 bits per heavy atom. The Hall–Kier alpha value is -1.37. The molecule has 1 aliphatic rings. The number of aliphatic imine (C=N–C) groups is 1. The number of hydrogen-bond donors (Lipinski definition) is 2. The van der Waals surface area contributed by atoms with Crippen LogP contribution in [0.15, 0.2) is 23.2 Å². The highest BCUT2D eigenvalue weighted by atomic mass is 35.5. The summed E-state index contributed by atoms with van der Waals surface area (Å²) in [6.07, 6.45) is 3.28. The number of nitrogens with one attached hydrogen (secondary N) is 2. The van der Waals surface area contributed by atoms with E-state index in [0.717, 1.165) is 57.0 Å². The molecule has 2 N–H and O–H groups in total. The lowest BCUT2D eigenvalue weighted by Crippen LogP contribution is -2.50. The summed E-state index contributed by atoms with van der Waals surface area (Å²) in [7, 11) is 3.53. The summed E-state index contributed by atoms with van der Waals surface area (Å²) >= 11 is 6.25. The van der Waals surface area contributed by atoms with E-state index in [1.807, 2.05) is 0 Å². The van der Waals surface area contributed by atoms with Gasteiger partial charge < -0.3 is 20.3 Å². The molecule has 158 valence electrons. The number of guanidine groups is 1. The normalized spacial score (nSPS) is 17.0. The fourth-order valence-corrected chi connectivity index (χ4v) is 3.98. The van der Waals surface area contributed by atoms with Crippen LogP contribution in [-0.2, 0) is 10.2 Å². The first-order valence-corrected chi connectivity index (χ1v) is 10.4. The smallest absolute Gasteiger partial charge is 0.191 e. The molecule has 1 aromatic rings. The van der Waals surface area contributed by atoms with Gasteiger partial charge in [0.25, 0.3) is 0 Å². The van der Waals surface area contributed by atoms with Crippen LogP contribution in [0.2, 0.25) is 5.02 Å². The Morgan fingerprint density at radius 1 is 1.36 bits per heavy atom. The van der Waals surface area contributed by atoms with Crippen molar-refractivity contribution in [3.05, 3.63) is 34.6 Å². The number of nitrogens with zero attached hydrogens (tertiary/aromatic N) is 2. The van der Waals surface area contributed by atoms with Crippen molar-refractivity contribution in [2.24, 2.45) is 4.99 Å². The molecule has 0 bridgehead atoms. The van der Waals surface area contributed by atoms with Crippen LogP contribution in [0.1, 0.15) is 38.7 Å². The Labute approximate surface area is 173 Å². The van der Waals surface area contributed by atoms with Gasteiger partial charge in [-0.3, -0.25) is 4.99 Å². The first-order valence-electron chi connectivity index (χ1n) is 9.99. The van der Waals surface area contributed by atoms with Crippen LogP contribution in [0, 0.1) is 5.82 Å². The summed E-state index contributed by atoms with van der Waals surface area (Å²) in [4.78, 5) is 6.86. The van der Waals surface area contributed by atoms with Gasteiger partial charge in [0.2, 0.25) is 0 Å². The molecular weight excluding hydrogens is 379 g/mol. The lowest BCUT2D eigenvalue weighted by atomic mass is 9.84. The van der Waals surface area contributed by atoms with E-state index in [9.17, 15) is 4.39 Å². The predicted molar refractivity (Wildman–Crippen MR) is 115 cm³/mol. The molecule has 7 heteroatoms. The third-order valence-electron chi connectivity index (χ3n) is 5.33. The highest BCUT2D eigenvalue weighted by molar-refractivity contribution is 6.31. The molecule has 0 aliphatic carbocycles. The standard InChI is InChI=1S/C21H34ClFN4O/c1-21(2,18-7-6-16(23)14-19(18)22)15-25-20(24-3)26-17-8-11-27(12-9-17)10-5-13-28-4/h6-7,14,17H,5,8-13,15H2,1-4H3,(H2,24,25,26). The Bertz CT molecular complexity index is 645. The van der Waals surface area contributed by atoms with E-state index in [0.29, 0.717) is 17.6 Å². The Morgan fingerprint density at radius 2 is 2.07 bits per heavy atom. The zero-order chi connectivity index (χ0) is 20.6. The van der Waals surface area contributed by atoms with Crippen LogP contribution >= 0.6 is 11.6 Å². The molecule has 0 atom stereocenters. The van der Waals surface area contributed by atoms with E-state index in [-0.39, 0.29) is 11.2 Å². The quantitative estimate of drug-likeness (QED) is 0.390. The monoisotopic (exact) mass is 412 g/mol.